The summed E-state index contributed by atoms with van der Waals surface area (Å²) in [6, 6.07) is 8.67. The Hall–Kier alpha value is -3.46. The molecule has 9 heteroatoms. The van der Waals surface area contributed by atoms with Gasteiger partial charge in [-0.1, -0.05) is 12.1 Å². The number of benzene rings is 1. The van der Waals surface area contributed by atoms with E-state index in [2.05, 4.69) is 33.0 Å². The van der Waals surface area contributed by atoms with E-state index in [4.69, 9.17) is 14.7 Å². The van der Waals surface area contributed by atoms with E-state index in [1.54, 1.807) is 4.90 Å². The number of carbonyl (C=O) groups excluding carboxylic acids is 2. The number of aromatic nitrogens is 3. The zero-order chi connectivity index (χ0) is 24.8. The van der Waals surface area contributed by atoms with E-state index in [0.29, 0.717) is 24.9 Å². The number of hydrogen-bond donors (Lipinski definition) is 1. The minimum absolute atomic E-state index is 0.0672. The summed E-state index contributed by atoms with van der Waals surface area (Å²) in [5.41, 5.74) is 5.07. The van der Waals surface area contributed by atoms with Gasteiger partial charge in [-0.15, -0.1) is 0 Å². The van der Waals surface area contributed by atoms with Crippen LogP contribution >= 0.6 is 0 Å². The summed E-state index contributed by atoms with van der Waals surface area (Å²) in [5, 5.41) is 2.90. The van der Waals surface area contributed by atoms with Crippen molar-refractivity contribution in [2.45, 2.75) is 43.7 Å². The van der Waals surface area contributed by atoms with Crippen LogP contribution in [-0.2, 0) is 15.0 Å². The zero-order valence-corrected chi connectivity index (χ0v) is 20.8. The van der Waals surface area contributed by atoms with E-state index in [0.717, 1.165) is 59.5 Å². The Kier molecular flexibility index (Phi) is 4.55. The molecule has 0 unspecified atom stereocenters. The number of ether oxygens (including phenoxy) is 1. The molecular weight excluding hydrogens is 456 g/mol. The predicted octanol–water partition coefficient (Wildman–Crippen LogP) is 2.50. The summed E-state index contributed by atoms with van der Waals surface area (Å²) in [4.78, 5) is 38.6. The van der Waals surface area contributed by atoms with Crippen LogP contribution in [0.5, 0.6) is 5.88 Å². The van der Waals surface area contributed by atoms with Crippen molar-refractivity contribution < 1.29 is 14.3 Å². The molecule has 9 nitrogen and oxygen atoms in total. The topological polar surface area (TPSA) is 92.6 Å². The Bertz CT molecular complexity index is 1420. The molecule has 36 heavy (non-hydrogen) atoms. The number of rotatable bonds is 5. The highest BCUT2D eigenvalue weighted by Gasteiger charge is 2.56. The fourth-order valence-electron chi connectivity index (χ4n) is 6.22. The second kappa shape index (κ2) is 7.52. The van der Waals surface area contributed by atoms with Crippen molar-refractivity contribution in [1.82, 2.24) is 24.8 Å². The Morgan fingerprint density at radius 1 is 1.17 bits per heavy atom. The van der Waals surface area contributed by atoms with Gasteiger partial charge in [0.2, 0.25) is 17.7 Å². The maximum atomic E-state index is 13.2. The number of nitrogens with one attached hydrogen (secondary N) is 1. The van der Waals surface area contributed by atoms with Gasteiger partial charge in [-0.2, -0.15) is 0 Å². The van der Waals surface area contributed by atoms with Crippen LogP contribution in [0.1, 0.15) is 37.8 Å². The molecule has 3 aromatic rings. The van der Waals surface area contributed by atoms with Gasteiger partial charge in [0.1, 0.15) is 17.0 Å². The number of fused-ring (bicyclic) bond motifs is 3. The molecule has 0 bridgehead atoms. The van der Waals surface area contributed by atoms with Gasteiger partial charge in [0.15, 0.2) is 0 Å². The Balaban J connectivity index is 1.30. The molecule has 5 heterocycles. The van der Waals surface area contributed by atoms with E-state index in [1.807, 2.05) is 33.4 Å². The zero-order valence-electron chi connectivity index (χ0n) is 20.8. The van der Waals surface area contributed by atoms with E-state index < -0.39 is 5.41 Å². The van der Waals surface area contributed by atoms with Crippen LogP contribution in [0, 0.1) is 5.92 Å². The first kappa shape index (κ1) is 21.8. The fourth-order valence-corrected chi connectivity index (χ4v) is 6.22. The molecule has 0 radical (unpaired) electrons. The van der Waals surface area contributed by atoms with Crippen molar-refractivity contribution in [3.05, 3.63) is 36.2 Å². The van der Waals surface area contributed by atoms with Gasteiger partial charge in [0.05, 0.1) is 17.5 Å². The van der Waals surface area contributed by atoms with Crippen LogP contribution < -0.4 is 15.0 Å². The second-order valence-electron chi connectivity index (χ2n) is 11.0. The third-order valence-electron chi connectivity index (χ3n) is 8.39. The van der Waals surface area contributed by atoms with E-state index >= 15 is 0 Å². The highest BCUT2D eigenvalue weighted by Crippen LogP contribution is 2.48. The lowest BCUT2D eigenvalue weighted by Crippen LogP contribution is -2.62. The summed E-state index contributed by atoms with van der Waals surface area (Å²) < 4.78 is 8.65. The van der Waals surface area contributed by atoms with Crippen LogP contribution in [0.15, 0.2) is 30.6 Å². The molecule has 186 valence electrons. The summed E-state index contributed by atoms with van der Waals surface area (Å²) >= 11 is 0. The minimum atomic E-state index is -0.422. The molecule has 2 aromatic heterocycles. The maximum Gasteiger partial charge on any atom is 0.241 e. The number of amides is 2. The van der Waals surface area contributed by atoms with Crippen LogP contribution in [0.4, 0.5) is 5.69 Å². The molecule has 3 fully saturated rings. The molecule has 4 aliphatic rings. The second-order valence-corrected chi connectivity index (χ2v) is 11.0. The molecule has 7 rings (SSSR count). The summed E-state index contributed by atoms with van der Waals surface area (Å²) in [7, 11) is 3.91. The number of imidazole rings is 1. The standard InChI is InChI=1S/C27H30N6O3/c1-15(17-9-23(34)28-11-17)36-25-24-21(29-14-33(24)18-5-6-18)10-20(30-25)16-4-7-19-22(8-16)32(3)26(35)27(19)12-31(2)13-27/h4,7-8,10,14-15,17-18H,5-6,9,11-13H2,1-3H3,(H,28,34)/t15-,17-/m1/s1. The molecule has 1 aromatic carbocycles. The van der Waals surface area contributed by atoms with Crippen molar-refractivity contribution in [1.29, 1.82) is 0 Å². The summed E-state index contributed by atoms with van der Waals surface area (Å²) in [6.45, 7) is 4.13. The lowest BCUT2D eigenvalue weighted by atomic mass is 9.75. The third kappa shape index (κ3) is 3.11. The largest absolute Gasteiger partial charge is 0.473 e. The number of hydrogen-bond acceptors (Lipinski definition) is 6. The Morgan fingerprint density at radius 2 is 1.97 bits per heavy atom. The molecule has 1 aliphatic carbocycles. The van der Waals surface area contributed by atoms with Crippen molar-refractivity contribution in [2.24, 2.45) is 5.92 Å². The monoisotopic (exact) mass is 486 g/mol. The first-order chi connectivity index (χ1) is 17.3. The van der Waals surface area contributed by atoms with Gasteiger partial charge in [0.25, 0.3) is 0 Å². The quantitative estimate of drug-likeness (QED) is 0.596. The molecule has 1 saturated carbocycles. The van der Waals surface area contributed by atoms with E-state index in [1.165, 1.54) is 0 Å². The van der Waals surface area contributed by atoms with Crippen LogP contribution in [-0.4, -0.2) is 71.1 Å². The Morgan fingerprint density at radius 3 is 2.67 bits per heavy atom. The molecule has 3 aliphatic heterocycles. The highest BCUT2D eigenvalue weighted by atomic mass is 16.5. The first-order valence-corrected chi connectivity index (χ1v) is 12.8. The summed E-state index contributed by atoms with van der Waals surface area (Å²) in [6.07, 6.45) is 4.44. The predicted molar refractivity (Wildman–Crippen MR) is 135 cm³/mol. The van der Waals surface area contributed by atoms with Gasteiger partial charge in [-0.05, 0) is 44.5 Å². The van der Waals surface area contributed by atoms with Gasteiger partial charge in [0, 0.05) is 56.3 Å². The lowest BCUT2D eigenvalue weighted by molar-refractivity contribution is -0.128. The van der Waals surface area contributed by atoms with Crippen molar-refractivity contribution in [2.75, 3.05) is 38.6 Å². The van der Waals surface area contributed by atoms with Crippen LogP contribution in [0.3, 0.4) is 0 Å². The lowest BCUT2D eigenvalue weighted by Gasteiger charge is -2.44. The van der Waals surface area contributed by atoms with Crippen molar-refractivity contribution >= 4 is 28.5 Å². The van der Waals surface area contributed by atoms with Gasteiger partial charge < -0.3 is 24.4 Å². The molecule has 2 amide bonds. The summed E-state index contributed by atoms with van der Waals surface area (Å²) in [5.74, 6) is 0.891. The highest BCUT2D eigenvalue weighted by molar-refractivity contribution is 6.09. The number of pyridine rings is 1. The maximum absolute atomic E-state index is 13.2. The van der Waals surface area contributed by atoms with E-state index in [-0.39, 0.29) is 23.8 Å². The smallest absolute Gasteiger partial charge is 0.241 e. The minimum Gasteiger partial charge on any atom is -0.473 e. The Labute approximate surface area is 209 Å². The van der Waals surface area contributed by atoms with Crippen LogP contribution in [0.2, 0.25) is 0 Å². The third-order valence-corrected chi connectivity index (χ3v) is 8.39. The molecule has 2 atom stereocenters. The van der Waals surface area contributed by atoms with Crippen LogP contribution in [0.25, 0.3) is 22.3 Å². The van der Waals surface area contributed by atoms with Gasteiger partial charge in [-0.3, -0.25) is 9.59 Å². The fraction of sp³-hybridized carbons (Fsp3) is 0.481. The number of likely N-dealkylation sites (tertiary alicyclic amines) is 1. The number of carbonyl (C=O) groups is 2. The van der Waals surface area contributed by atoms with Crippen molar-refractivity contribution in [3.8, 4) is 17.1 Å². The average molecular weight is 487 g/mol. The number of anilines is 1. The SMILES string of the molecule is C[C@@H](Oc1nc(-c2ccc3c(c2)N(C)C(=O)C32CN(C)C2)cc2ncn(C3CC3)c12)[C@H]1CNC(=O)C1. The van der Waals surface area contributed by atoms with Gasteiger partial charge >= 0.3 is 0 Å². The van der Waals surface area contributed by atoms with E-state index in [9.17, 15) is 9.59 Å². The number of nitrogens with zero attached hydrogens (tertiary/aromatic N) is 5. The van der Waals surface area contributed by atoms with Gasteiger partial charge in [-0.25, -0.2) is 9.97 Å². The normalized spacial score (nSPS) is 23.8. The van der Waals surface area contributed by atoms with Crippen molar-refractivity contribution in [3.63, 3.8) is 0 Å². The molecule has 2 saturated heterocycles. The molecule has 1 spiro atoms. The number of likely N-dealkylation sites (N-methyl/N-ethyl adjacent to an activating group) is 2. The molecular formula is C27H30N6O3. The average Bonchev–Trinajstić information content (AvgIpc) is 3.38. The first-order valence-electron chi connectivity index (χ1n) is 12.8. The molecule has 1 N–H and O–H groups in total.